The minimum Gasteiger partial charge on any atom is -0.384 e. The third kappa shape index (κ3) is 3.26. The van der Waals surface area contributed by atoms with E-state index in [0.717, 1.165) is 18.5 Å². The summed E-state index contributed by atoms with van der Waals surface area (Å²) >= 11 is 0. The lowest BCUT2D eigenvalue weighted by Crippen LogP contribution is -2.15. The minimum absolute atomic E-state index is 0.0825. The number of ether oxygens (including phenoxy) is 1. The molecule has 0 amide bonds. The van der Waals surface area contributed by atoms with Crippen molar-refractivity contribution in [1.82, 2.24) is 9.47 Å². The van der Waals surface area contributed by atoms with Gasteiger partial charge in [-0.2, -0.15) is 0 Å². The Morgan fingerprint density at radius 1 is 1.30 bits per heavy atom. The number of carbonyl (C=O) groups is 1. The Balaban J connectivity index is 2.32. The summed E-state index contributed by atoms with van der Waals surface area (Å²) in [6.45, 7) is 1.43. The highest BCUT2D eigenvalue weighted by atomic mass is 16.5. The summed E-state index contributed by atoms with van der Waals surface area (Å²) in [4.78, 5) is 14.4. The van der Waals surface area contributed by atoms with Crippen molar-refractivity contribution in [2.45, 2.75) is 12.8 Å². The monoisotopic (exact) mass is 274 g/mol. The predicted octanol–water partition coefficient (Wildman–Crippen LogP) is 2.42. The number of hydrogen-bond donors (Lipinski definition) is 0. The van der Waals surface area contributed by atoms with Crippen LogP contribution in [0, 0.1) is 0 Å². The van der Waals surface area contributed by atoms with Crippen molar-refractivity contribution < 1.29 is 9.53 Å². The molecule has 0 aliphatic rings. The van der Waals surface area contributed by atoms with Crippen molar-refractivity contribution in [3.05, 3.63) is 36.0 Å². The highest BCUT2D eigenvalue weighted by molar-refractivity contribution is 5.94. The number of nitrogens with zero attached hydrogens (tertiary/aromatic N) is 2. The fourth-order valence-corrected chi connectivity index (χ4v) is 2.31. The molecule has 0 N–H and O–H groups in total. The number of rotatable bonds is 6. The van der Waals surface area contributed by atoms with Crippen LogP contribution in [0.5, 0.6) is 0 Å². The zero-order chi connectivity index (χ0) is 14.5. The van der Waals surface area contributed by atoms with Crippen molar-refractivity contribution in [3.8, 4) is 0 Å². The molecule has 0 unspecified atom stereocenters. The van der Waals surface area contributed by atoms with Crippen LogP contribution in [-0.2, 0) is 11.2 Å². The van der Waals surface area contributed by atoms with Gasteiger partial charge in [-0.05, 0) is 32.1 Å². The van der Waals surface area contributed by atoms with E-state index in [9.17, 15) is 4.79 Å². The molecule has 4 nitrogen and oxygen atoms in total. The van der Waals surface area contributed by atoms with E-state index in [1.54, 1.807) is 11.7 Å². The Morgan fingerprint density at radius 3 is 2.75 bits per heavy atom. The number of fused-ring (bicyclic) bond motifs is 1. The van der Waals surface area contributed by atoms with Crippen molar-refractivity contribution in [3.63, 3.8) is 0 Å². The molecule has 2 rings (SSSR count). The van der Waals surface area contributed by atoms with Crippen LogP contribution in [0.25, 0.3) is 10.9 Å². The molecule has 0 saturated heterocycles. The van der Waals surface area contributed by atoms with Crippen LogP contribution in [0.3, 0.4) is 0 Å². The van der Waals surface area contributed by atoms with Crippen LogP contribution in [0.15, 0.2) is 30.5 Å². The quantitative estimate of drug-likeness (QED) is 0.811. The molecule has 108 valence electrons. The average molecular weight is 274 g/mol. The molecular weight excluding hydrogens is 252 g/mol. The molecule has 0 saturated carbocycles. The molecule has 0 aliphatic carbocycles. The van der Waals surface area contributed by atoms with E-state index in [2.05, 4.69) is 25.1 Å². The normalized spacial score (nSPS) is 11.4. The second-order valence-electron chi connectivity index (χ2n) is 5.23. The molecule has 0 radical (unpaired) electrons. The number of likely N-dealkylation sites (N-methyl/N-ethyl adjacent to an activating group) is 1. The third-order valence-electron chi connectivity index (χ3n) is 3.41. The Hall–Kier alpha value is -1.65. The van der Waals surface area contributed by atoms with Gasteiger partial charge in [-0.15, -0.1) is 0 Å². The minimum atomic E-state index is 0.0825. The number of hydrogen-bond acceptors (Lipinski definition) is 3. The van der Waals surface area contributed by atoms with E-state index in [1.807, 2.05) is 24.4 Å². The van der Waals surface area contributed by atoms with E-state index in [-0.39, 0.29) is 5.91 Å². The van der Waals surface area contributed by atoms with Crippen molar-refractivity contribution in [2.75, 3.05) is 34.4 Å². The molecule has 0 atom stereocenters. The van der Waals surface area contributed by atoms with Gasteiger partial charge in [0.1, 0.15) is 0 Å². The summed E-state index contributed by atoms with van der Waals surface area (Å²) in [6.07, 6.45) is 3.33. The van der Waals surface area contributed by atoms with Crippen LogP contribution in [0.4, 0.5) is 0 Å². The first-order chi connectivity index (χ1) is 9.63. The Kier molecular flexibility index (Phi) is 4.93. The molecule has 2 aromatic rings. The molecule has 0 aliphatic heterocycles. The van der Waals surface area contributed by atoms with Crippen molar-refractivity contribution in [2.24, 2.45) is 0 Å². The lowest BCUT2D eigenvalue weighted by Gasteiger charge is -2.07. The van der Waals surface area contributed by atoms with Gasteiger partial charge in [-0.3, -0.25) is 9.36 Å². The number of para-hydroxylation sites is 1. The van der Waals surface area contributed by atoms with E-state index in [1.165, 1.54) is 10.9 Å². The van der Waals surface area contributed by atoms with Gasteiger partial charge >= 0.3 is 0 Å². The SMILES string of the molecule is COCCC(=O)n1cc(CCN(C)C)c2ccccc21. The van der Waals surface area contributed by atoms with Crippen LogP contribution in [-0.4, -0.2) is 49.7 Å². The van der Waals surface area contributed by atoms with Gasteiger partial charge in [0.05, 0.1) is 18.5 Å². The topological polar surface area (TPSA) is 34.5 Å². The molecule has 4 heteroatoms. The molecule has 1 aromatic heterocycles. The molecule has 0 fully saturated rings. The van der Waals surface area contributed by atoms with Crippen LogP contribution >= 0.6 is 0 Å². The summed E-state index contributed by atoms with van der Waals surface area (Å²) in [5.74, 6) is 0.0825. The van der Waals surface area contributed by atoms with Crippen molar-refractivity contribution in [1.29, 1.82) is 0 Å². The second kappa shape index (κ2) is 6.68. The summed E-state index contributed by atoms with van der Waals surface area (Å²) in [6, 6.07) is 8.07. The lowest BCUT2D eigenvalue weighted by atomic mass is 10.1. The van der Waals surface area contributed by atoms with E-state index < -0.39 is 0 Å². The summed E-state index contributed by atoms with van der Waals surface area (Å²) in [5.41, 5.74) is 2.21. The van der Waals surface area contributed by atoms with Crippen LogP contribution < -0.4 is 0 Å². The fourth-order valence-electron chi connectivity index (χ4n) is 2.31. The summed E-state index contributed by atoms with van der Waals surface area (Å²) in [5, 5.41) is 1.17. The maximum atomic E-state index is 12.2. The van der Waals surface area contributed by atoms with Gasteiger partial charge < -0.3 is 9.64 Å². The standard InChI is InChI=1S/C16H22N2O2/c1-17(2)10-8-13-12-18(16(19)9-11-20-3)15-7-5-4-6-14(13)15/h4-7,12H,8-11H2,1-3H3. The molecule has 0 bridgehead atoms. The molecular formula is C16H22N2O2. The number of methoxy groups -OCH3 is 1. The van der Waals surface area contributed by atoms with Gasteiger partial charge in [-0.25, -0.2) is 0 Å². The van der Waals surface area contributed by atoms with Gasteiger partial charge in [0.15, 0.2) is 0 Å². The Morgan fingerprint density at radius 2 is 2.05 bits per heavy atom. The highest BCUT2D eigenvalue weighted by Crippen LogP contribution is 2.22. The Bertz CT molecular complexity index is 587. The largest absolute Gasteiger partial charge is 0.384 e. The zero-order valence-corrected chi connectivity index (χ0v) is 12.4. The second-order valence-corrected chi connectivity index (χ2v) is 5.23. The van der Waals surface area contributed by atoms with Gasteiger partial charge in [-0.1, -0.05) is 18.2 Å². The maximum Gasteiger partial charge on any atom is 0.233 e. The van der Waals surface area contributed by atoms with Gasteiger partial charge in [0.2, 0.25) is 5.91 Å². The average Bonchev–Trinajstić information content (AvgIpc) is 2.81. The highest BCUT2D eigenvalue weighted by Gasteiger charge is 2.13. The summed E-state index contributed by atoms with van der Waals surface area (Å²) in [7, 11) is 5.73. The third-order valence-corrected chi connectivity index (χ3v) is 3.41. The number of aromatic nitrogens is 1. The Labute approximate surface area is 119 Å². The van der Waals surface area contributed by atoms with E-state index >= 15 is 0 Å². The lowest BCUT2D eigenvalue weighted by molar-refractivity contribution is 0.0856. The first-order valence-electron chi connectivity index (χ1n) is 6.89. The fraction of sp³-hybridized carbons (Fsp3) is 0.438. The summed E-state index contributed by atoms with van der Waals surface area (Å²) < 4.78 is 6.75. The van der Waals surface area contributed by atoms with Crippen LogP contribution in [0.2, 0.25) is 0 Å². The molecule has 1 heterocycles. The molecule has 0 spiro atoms. The van der Waals surface area contributed by atoms with Crippen molar-refractivity contribution >= 4 is 16.8 Å². The van der Waals surface area contributed by atoms with E-state index in [4.69, 9.17) is 4.74 Å². The number of benzene rings is 1. The van der Waals surface area contributed by atoms with Crippen LogP contribution in [0.1, 0.15) is 16.8 Å². The molecule has 20 heavy (non-hydrogen) atoms. The maximum absolute atomic E-state index is 12.2. The van der Waals surface area contributed by atoms with E-state index in [0.29, 0.717) is 13.0 Å². The predicted molar refractivity (Wildman–Crippen MR) is 81.3 cm³/mol. The smallest absolute Gasteiger partial charge is 0.233 e. The van der Waals surface area contributed by atoms with Gasteiger partial charge in [0, 0.05) is 25.2 Å². The first-order valence-corrected chi connectivity index (χ1v) is 6.89. The number of carbonyl (C=O) groups excluding carboxylic acids is 1. The van der Waals surface area contributed by atoms with Gasteiger partial charge in [0.25, 0.3) is 0 Å². The first kappa shape index (κ1) is 14.8. The molecule has 1 aromatic carbocycles. The zero-order valence-electron chi connectivity index (χ0n) is 12.4.